The monoisotopic (exact) mass is 645 g/mol. The number of methoxy groups -OCH3 is 1. The number of anilines is 2. The molecule has 0 bridgehead atoms. The standard InChI is InChI=1S/C36H27N3O5S2/c1-44-26-15-5-13-24(19-26)30-21-45-36(38-30)39-34(41)32(23-9-3-2-4-10-23)46-27-16-8-14-25(20-27)37-33(40)28-17-6-11-22-12-7-18-29(31(22)28)35(42)43/h2-21,32H,1H3,(H,37,40)(H,42,43)(H,38,39,41). The number of carboxylic acid groups (broad SMARTS) is 1. The van der Waals surface area contributed by atoms with Crippen molar-refractivity contribution in [1.82, 2.24) is 4.98 Å². The number of nitrogens with zero attached hydrogens (tertiary/aromatic N) is 1. The van der Waals surface area contributed by atoms with Gasteiger partial charge >= 0.3 is 5.97 Å². The third-order valence-corrected chi connectivity index (χ3v) is 9.17. The van der Waals surface area contributed by atoms with Crippen LogP contribution in [0.3, 0.4) is 0 Å². The number of aromatic carboxylic acids is 1. The maximum atomic E-state index is 13.7. The van der Waals surface area contributed by atoms with Crippen molar-refractivity contribution in [1.29, 1.82) is 0 Å². The van der Waals surface area contributed by atoms with Crippen LogP contribution in [0.2, 0.25) is 0 Å². The number of carbonyl (C=O) groups excluding carboxylic acids is 2. The van der Waals surface area contributed by atoms with Crippen LogP contribution < -0.4 is 15.4 Å². The van der Waals surface area contributed by atoms with Gasteiger partial charge < -0.3 is 20.5 Å². The summed E-state index contributed by atoms with van der Waals surface area (Å²) in [5.74, 6) is -1.07. The number of nitrogens with one attached hydrogen (secondary N) is 2. The first-order valence-corrected chi connectivity index (χ1v) is 15.9. The number of rotatable bonds is 10. The molecule has 5 aromatic carbocycles. The molecule has 3 N–H and O–H groups in total. The second-order valence-electron chi connectivity index (χ2n) is 10.2. The Balaban J connectivity index is 1.23. The molecule has 0 fully saturated rings. The molecular formula is C36H27N3O5S2. The van der Waals surface area contributed by atoms with Gasteiger partial charge in [-0.15, -0.1) is 23.1 Å². The Kier molecular flexibility index (Phi) is 9.09. The molecule has 0 saturated carbocycles. The quantitative estimate of drug-likeness (QED) is 0.128. The average Bonchev–Trinajstić information content (AvgIpc) is 3.55. The molecule has 1 unspecified atom stereocenters. The van der Waals surface area contributed by atoms with Crippen molar-refractivity contribution >= 4 is 62.5 Å². The highest BCUT2D eigenvalue weighted by atomic mass is 32.2. The van der Waals surface area contributed by atoms with Gasteiger partial charge in [-0.2, -0.15) is 0 Å². The SMILES string of the molecule is COc1cccc(-c2csc(NC(=O)C(Sc3cccc(NC(=O)c4cccc5cccc(C(=O)O)c45)c3)c3ccccc3)n2)c1. The smallest absolute Gasteiger partial charge is 0.336 e. The number of hydrogen-bond acceptors (Lipinski definition) is 7. The molecule has 0 aliphatic carbocycles. The molecule has 0 aliphatic heterocycles. The maximum absolute atomic E-state index is 13.7. The first kappa shape index (κ1) is 30.6. The summed E-state index contributed by atoms with van der Waals surface area (Å²) in [6.07, 6.45) is 0. The zero-order valence-electron chi connectivity index (χ0n) is 24.5. The van der Waals surface area contributed by atoms with E-state index in [1.165, 1.54) is 29.2 Å². The molecule has 0 radical (unpaired) electrons. The number of aromatic nitrogens is 1. The molecule has 0 aliphatic rings. The fourth-order valence-electron chi connectivity index (χ4n) is 5.01. The number of benzene rings is 5. The van der Waals surface area contributed by atoms with Crippen LogP contribution in [0.25, 0.3) is 22.0 Å². The highest BCUT2D eigenvalue weighted by Gasteiger charge is 2.24. The number of carbonyl (C=O) groups is 3. The Labute approximate surface area is 273 Å². The van der Waals surface area contributed by atoms with Crippen molar-refractivity contribution in [2.45, 2.75) is 10.1 Å². The van der Waals surface area contributed by atoms with Crippen molar-refractivity contribution in [3.63, 3.8) is 0 Å². The fourth-order valence-corrected chi connectivity index (χ4v) is 6.81. The van der Waals surface area contributed by atoms with Gasteiger partial charge in [0, 0.05) is 32.5 Å². The van der Waals surface area contributed by atoms with Crippen LogP contribution >= 0.6 is 23.1 Å². The van der Waals surface area contributed by atoms with Crippen molar-refractivity contribution in [2.24, 2.45) is 0 Å². The van der Waals surface area contributed by atoms with E-state index in [1.54, 1.807) is 55.6 Å². The van der Waals surface area contributed by atoms with Crippen LogP contribution in [0.1, 0.15) is 31.5 Å². The van der Waals surface area contributed by atoms with Gasteiger partial charge in [0.2, 0.25) is 5.91 Å². The third kappa shape index (κ3) is 6.78. The summed E-state index contributed by atoms with van der Waals surface area (Å²) in [5, 5.41) is 18.4. The minimum Gasteiger partial charge on any atom is -0.497 e. The summed E-state index contributed by atoms with van der Waals surface area (Å²) in [7, 11) is 1.61. The van der Waals surface area contributed by atoms with Gasteiger partial charge in [0.15, 0.2) is 5.13 Å². The summed E-state index contributed by atoms with van der Waals surface area (Å²) in [6.45, 7) is 0. The molecule has 2 amide bonds. The number of thioether (sulfide) groups is 1. The first-order valence-electron chi connectivity index (χ1n) is 14.2. The molecule has 6 aromatic rings. The lowest BCUT2D eigenvalue weighted by molar-refractivity contribution is -0.115. The van der Waals surface area contributed by atoms with E-state index in [2.05, 4.69) is 15.6 Å². The van der Waals surface area contributed by atoms with Crippen LogP contribution in [0, 0.1) is 0 Å². The van der Waals surface area contributed by atoms with Gasteiger partial charge in [-0.05, 0) is 53.4 Å². The molecule has 1 atom stereocenters. The van der Waals surface area contributed by atoms with E-state index < -0.39 is 17.1 Å². The Bertz CT molecular complexity index is 2060. The van der Waals surface area contributed by atoms with Crippen LogP contribution in [0.4, 0.5) is 10.8 Å². The number of thiazole rings is 1. The van der Waals surface area contributed by atoms with Gasteiger partial charge in [-0.3, -0.25) is 9.59 Å². The third-order valence-electron chi connectivity index (χ3n) is 7.17. The maximum Gasteiger partial charge on any atom is 0.336 e. The van der Waals surface area contributed by atoms with E-state index in [4.69, 9.17) is 4.74 Å². The number of hydrogen-bond donors (Lipinski definition) is 3. The normalized spacial score (nSPS) is 11.5. The lowest BCUT2D eigenvalue weighted by atomic mass is 9.98. The predicted octanol–water partition coefficient (Wildman–Crippen LogP) is 8.39. The fraction of sp³-hybridized carbons (Fsp3) is 0.0556. The van der Waals surface area contributed by atoms with Crippen molar-refractivity contribution in [3.05, 3.63) is 137 Å². The average molecular weight is 646 g/mol. The summed E-state index contributed by atoms with van der Waals surface area (Å²) in [6, 6.07) is 34.2. The van der Waals surface area contributed by atoms with Crippen LogP contribution in [-0.2, 0) is 4.79 Å². The zero-order chi connectivity index (χ0) is 32.0. The molecule has 10 heteroatoms. The van der Waals surface area contributed by atoms with Crippen LogP contribution in [-0.4, -0.2) is 35.0 Å². The van der Waals surface area contributed by atoms with Crippen molar-refractivity contribution in [2.75, 3.05) is 17.7 Å². The molecule has 0 spiro atoms. The van der Waals surface area contributed by atoms with Crippen LogP contribution in [0.15, 0.2) is 126 Å². The molecule has 46 heavy (non-hydrogen) atoms. The Morgan fingerprint density at radius 1 is 0.826 bits per heavy atom. The molecule has 8 nitrogen and oxygen atoms in total. The highest BCUT2D eigenvalue weighted by molar-refractivity contribution is 8.00. The second-order valence-corrected chi connectivity index (χ2v) is 12.2. The molecule has 228 valence electrons. The minimum atomic E-state index is -1.11. The largest absolute Gasteiger partial charge is 0.497 e. The molecule has 1 aromatic heterocycles. The number of carboxylic acids is 1. The van der Waals surface area contributed by atoms with Gasteiger partial charge in [-0.25, -0.2) is 9.78 Å². The van der Waals surface area contributed by atoms with Gasteiger partial charge in [0.05, 0.1) is 18.4 Å². The van der Waals surface area contributed by atoms with Gasteiger partial charge in [0.25, 0.3) is 5.91 Å². The molecule has 1 heterocycles. The van der Waals surface area contributed by atoms with Gasteiger partial charge in [-0.1, -0.05) is 72.8 Å². The number of ether oxygens (including phenoxy) is 1. The lowest BCUT2D eigenvalue weighted by Crippen LogP contribution is -2.19. The number of fused-ring (bicyclic) bond motifs is 1. The summed E-state index contributed by atoms with van der Waals surface area (Å²) in [5.41, 5.74) is 3.24. The van der Waals surface area contributed by atoms with E-state index in [1.807, 2.05) is 66.0 Å². The summed E-state index contributed by atoms with van der Waals surface area (Å²) >= 11 is 2.68. The Morgan fingerprint density at radius 2 is 1.57 bits per heavy atom. The highest BCUT2D eigenvalue weighted by Crippen LogP contribution is 2.38. The lowest BCUT2D eigenvalue weighted by Gasteiger charge is -2.17. The topological polar surface area (TPSA) is 118 Å². The van der Waals surface area contributed by atoms with E-state index >= 15 is 0 Å². The van der Waals surface area contributed by atoms with E-state index in [9.17, 15) is 19.5 Å². The van der Waals surface area contributed by atoms with E-state index in [-0.39, 0.29) is 17.0 Å². The van der Waals surface area contributed by atoms with Crippen LogP contribution in [0.5, 0.6) is 5.75 Å². The summed E-state index contributed by atoms with van der Waals surface area (Å²) in [4.78, 5) is 44.4. The second kappa shape index (κ2) is 13.7. The first-order chi connectivity index (χ1) is 22.4. The molecular weight excluding hydrogens is 619 g/mol. The Morgan fingerprint density at radius 3 is 2.33 bits per heavy atom. The zero-order valence-corrected chi connectivity index (χ0v) is 26.1. The predicted molar refractivity (Wildman–Crippen MR) is 183 cm³/mol. The number of amides is 2. The molecule has 6 rings (SSSR count). The Hall–Kier alpha value is -5.45. The van der Waals surface area contributed by atoms with Gasteiger partial charge in [0.1, 0.15) is 11.0 Å². The van der Waals surface area contributed by atoms with Crippen molar-refractivity contribution < 1.29 is 24.2 Å². The summed E-state index contributed by atoms with van der Waals surface area (Å²) < 4.78 is 5.33. The van der Waals surface area contributed by atoms with Crippen molar-refractivity contribution in [3.8, 4) is 17.0 Å². The minimum absolute atomic E-state index is 0.0557. The molecule has 0 saturated heterocycles. The van der Waals surface area contributed by atoms with E-state index in [0.717, 1.165) is 27.5 Å². The van der Waals surface area contributed by atoms with E-state index in [0.29, 0.717) is 21.6 Å².